The fourth-order valence-corrected chi connectivity index (χ4v) is 4.57. The van der Waals surface area contributed by atoms with Crippen molar-refractivity contribution in [1.82, 2.24) is 9.80 Å². The summed E-state index contributed by atoms with van der Waals surface area (Å²) in [5, 5.41) is 1.53. The molecule has 0 unspecified atom stereocenters. The molecule has 4 rings (SSSR count). The molecule has 0 N–H and O–H groups in total. The Hall–Kier alpha value is -1.95. The van der Waals surface area contributed by atoms with Crippen molar-refractivity contribution in [3.05, 3.63) is 58.6 Å². The Balaban J connectivity index is 1.19. The van der Waals surface area contributed by atoms with Crippen LogP contribution in [0.15, 0.2) is 48.5 Å². The van der Waals surface area contributed by atoms with Crippen LogP contribution in [0.5, 0.6) is 0 Å². The van der Waals surface area contributed by atoms with Crippen LogP contribution < -0.4 is 9.80 Å². The molecule has 2 saturated heterocycles. The lowest BCUT2D eigenvalue weighted by Crippen LogP contribution is -2.50. The number of halogens is 2. The molecule has 160 valence electrons. The van der Waals surface area contributed by atoms with Gasteiger partial charge in [-0.05, 0) is 36.4 Å². The number of nitrogens with zero attached hydrogens (tertiary/aromatic N) is 4. The minimum atomic E-state index is 0.262. The van der Waals surface area contributed by atoms with E-state index in [9.17, 15) is 4.79 Å². The third-order valence-electron chi connectivity index (χ3n) is 5.99. The van der Waals surface area contributed by atoms with Crippen molar-refractivity contribution in [3.63, 3.8) is 0 Å². The van der Waals surface area contributed by atoms with Gasteiger partial charge < -0.3 is 14.7 Å². The number of carbonyl (C=O) groups is 1. The second kappa shape index (κ2) is 9.90. The van der Waals surface area contributed by atoms with Gasteiger partial charge in [0.05, 0.1) is 0 Å². The summed E-state index contributed by atoms with van der Waals surface area (Å²) in [5.74, 6) is 0.262. The normalized spacial score (nSPS) is 18.0. The second-order valence-electron chi connectivity index (χ2n) is 7.91. The quantitative estimate of drug-likeness (QED) is 0.697. The lowest BCUT2D eigenvalue weighted by molar-refractivity contribution is -0.131. The second-order valence-corrected chi connectivity index (χ2v) is 8.78. The molecule has 30 heavy (non-hydrogen) atoms. The summed E-state index contributed by atoms with van der Waals surface area (Å²) in [6, 6.07) is 15.9. The summed E-state index contributed by atoms with van der Waals surface area (Å²) in [4.78, 5) is 21.7. The molecule has 0 aromatic heterocycles. The Morgan fingerprint density at radius 2 is 1.23 bits per heavy atom. The van der Waals surface area contributed by atoms with E-state index in [1.165, 1.54) is 5.69 Å². The maximum Gasteiger partial charge on any atom is 0.223 e. The summed E-state index contributed by atoms with van der Waals surface area (Å²) < 4.78 is 0. The number of piperazine rings is 2. The number of anilines is 2. The first kappa shape index (κ1) is 21.3. The van der Waals surface area contributed by atoms with Crippen LogP contribution in [0.2, 0.25) is 10.0 Å². The largest absolute Gasteiger partial charge is 0.369 e. The summed E-state index contributed by atoms with van der Waals surface area (Å²) >= 11 is 12.2. The van der Waals surface area contributed by atoms with Crippen LogP contribution in [-0.4, -0.2) is 74.6 Å². The van der Waals surface area contributed by atoms with Gasteiger partial charge in [-0.3, -0.25) is 9.69 Å². The lowest BCUT2D eigenvalue weighted by Gasteiger charge is -2.38. The van der Waals surface area contributed by atoms with Gasteiger partial charge in [0.2, 0.25) is 5.91 Å². The van der Waals surface area contributed by atoms with Crippen LogP contribution >= 0.6 is 23.2 Å². The van der Waals surface area contributed by atoms with E-state index in [1.807, 2.05) is 41.3 Å². The number of hydrogen-bond donors (Lipinski definition) is 0. The van der Waals surface area contributed by atoms with E-state index in [0.717, 1.165) is 74.6 Å². The van der Waals surface area contributed by atoms with Crippen molar-refractivity contribution in [2.24, 2.45) is 0 Å². The fraction of sp³-hybridized carbons (Fsp3) is 0.435. The molecule has 0 bridgehead atoms. The lowest BCUT2D eigenvalue weighted by atomic mass is 10.2. The van der Waals surface area contributed by atoms with Crippen molar-refractivity contribution < 1.29 is 4.79 Å². The summed E-state index contributed by atoms with van der Waals surface area (Å²) in [7, 11) is 0. The maximum absolute atomic E-state index is 12.7. The molecule has 2 aromatic carbocycles. The van der Waals surface area contributed by atoms with E-state index in [1.54, 1.807) is 0 Å². The molecule has 2 aromatic rings. The molecule has 0 atom stereocenters. The Bertz CT molecular complexity index is 862. The average molecular weight is 447 g/mol. The third kappa shape index (κ3) is 5.39. The van der Waals surface area contributed by atoms with Gasteiger partial charge in [-0.25, -0.2) is 0 Å². The Kier molecular flexibility index (Phi) is 7.03. The predicted octanol–water partition coefficient (Wildman–Crippen LogP) is 3.85. The van der Waals surface area contributed by atoms with E-state index in [0.29, 0.717) is 6.42 Å². The Labute approximate surface area is 188 Å². The van der Waals surface area contributed by atoms with E-state index in [-0.39, 0.29) is 5.91 Å². The molecule has 2 aliphatic rings. The standard InChI is InChI=1S/C23H28Cl2N4O/c24-19-3-1-5-21(17-19)27-11-9-26(10-12-27)8-7-23(30)29-15-13-28(14-16-29)22-6-2-4-20(25)18-22/h1-6,17-18H,7-16H2. The first-order chi connectivity index (χ1) is 14.6. The molecule has 0 aliphatic carbocycles. The Morgan fingerprint density at radius 3 is 1.73 bits per heavy atom. The van der Waals surface area contributed by atoms with Gasteiger partial charge in [0.25, 0.3) is 0 Å². The van der Waals surface area contributed by atoms with Gasteiger partial charge >= 0.3 is 0 Å². The molecule has 0 radical (unpaired) electrons. The first-order valence-corrected chi connectivity index (χ1v) is 11.4. The minimum Gasteiger partial charge on any atom is -0.369 e. The van der Waals surface area contributed by atoms with E-state index in [4.69, 9.17) is 23.2 Å². The van der Waals surface area contributed by atoms with E-state index < -0.39 is 0 Å². The smallest absolute Gasteiger partial charge is 0.223 e. The van der Waals surface area contributed by atoms with Crippen LogP contribution in [0.1, 0.15) is 6.42 Å². The van der Waals surface area contributed by atoms with Crippen LogP contribution in [-0.2, 0) is 4.79 Å². The molecule has 7 heteroatoms. The van der Waals surface area contributed by atoms with E-state index in [2.05, 4.69) is 26.8 Å². The van der Waals surface area contributed by atoms with Gasteiger partial charge in [-0.15, -0.1) is 0 Å². The van der Waals surface area contributed by atoms with Crippen molar-refractivity contribution in [2.45, 2.75) is 6.42 Å². The molecular formula is C23H28Cl2N4O. The minimum absolute atomic E-state index is 0.262. The SMILES string of the molecule is O=C(CCN1CCN(c2cccc(Cl)c2)CC1)N1CCN(c2cccc(Cl)c2)CC1. The molecule has 0 spiro atoms. The van der Waals surface area contributed by atoms with Gasteiger partial charge in [-0.2, -0.15) is 0 Å². The van der Waals surface area contributed by atoms with Crippen LogP contribution in [0.3, 0.4) is 0 Å². The number of hydrogen-bond acceptors (Lipinski definition) is 4. The van der Waals surface area contributed by atoms with Crippen molar-refractivity contribution in [1.29, 1.82) is 0 Å². The molecule has 5 nitrogen and oxygen atoms in total. The number of rotatable bonds is 5. The molecule has 0 saturated carbocycles. The number of carbonyl (C=O) groups excluding carboxylic acids is 1. The van der Waals surface area contributed by atoms with Gasteiger partial charge in [-0.1, -0.05) is 35.3 Å². The maximum atomic E-state index is 12.7. The highest BCUT2D eigenvalue weighted by Crippen LogP contribution is 2.22. The molecule has 2 heterocycles. The summed E-state index contributed by atoms with van der Waals surface area (Å²) in [6.07, 6.45) is 0.592. The van der Waals surface area contributed by atoms with Gasteiger partial charge in [0.1, 0.15) is 0 Å². The fourth-order valence-electron chi connectivity index (χ4n) is 4.20. The van der Waals surface area contributed by atoms with Crippen LogP contribution in [0.25, 0.3) is 0 Å². The Morgan fingerprint density at radius 1 is 0.733 bits per heavy atom. The molecular weight excluding hydrogens is 419 g/mol. The van der Waals surface area contributed by atoms with E-state index >= 15 is 0 Å². The highest BCUT2D eigenvalue weighted by atomic mass is 35.5. The third-order valence-corrected chi connectivity index (χ3v) is 6.46. The zero-order chi connectivity index (χ0) is 20.9. The van der Waals surface area contributed by atoms with Gasteiger partial charge in [0, 0.05) is 86.7 Å². The van der Waals surface area contributed by atoms with Gasteiger partial charge in [0.15, 0.2) is 0 Å². The molecule has 2 fully saturated rings. The zero-order valence-corrected chi connectivity index (χ0v) is 18.7. The van der Waals surface area contributed by atoms with Crippen molar-refractivity contribution >= 4 is 40.5 Å². The molecule has 2 aliphatic heterocycles. The summed E-state index contributed by atoms with van der Waals surface area (Å²) in [6.45, 7) is 7.96. The monoisotopic (exact) mass is 446 g/mol. The number of amides is 1. The highest BCUT2D eigenvalue weighted by Gasteiger charge is 2.23. The average Bonchev–Trinajstić information content (AvgIpc) is 2.78. The first-order valence-electron chi connectivity index (χ1n) is 10.6. The van der Waals surface area contributed by atoms with Crippen molar-refractivity contribution in [3.8, 4) is 0 Å². The topological polar surface area (TPSA) is 30.0 Å². The molecule has 1 amide bonds. The number of benzene rings is 2. The summed E-state index contributed by atoms with van der Waals surface area (Å²) in [5.41, 5.74) is 2.31. The van der Waals surface area contributed by atoms with Crippen molar-refractivity contribution in [2.75, 3.05) is 68.7 Å². The zero-order valence-electron chi connectivity index (χ0n) is 17.1. The highest BCUT2D eigenvalue weighted by molar-refractivity contribution is 6.31. The predicted molar refractivity (Wildman–Crippen MR) is 125 cm³/mol. The van der Waals surface area contributed by atoms with Crippen LogP contribution in [0.4, 0.5) is 11.4 Å². The van der Waals surface area contributed by atoms with Crippen LogP contribution in [0, 0.1) is 0 Å².